The predicted octanol–water partition coefficient (Wildman–Crippen LogP) is 1.15. The van der Waals surface area contributed by atoms with Crippen molar-refractivity contribution < 1.29 is 0 Å². The molecule has 0 radical (unpaired) electrons. The molecule has 2 rings (SSSR count). The molecule has 0 bridgehead atoms. The zero-order valence-electron chi connectivity index (χ0n) is 9.00. The van der Waals surface area contributed by atoms with E-state index in [2.05, 4.69) is 19.9 Å². The van der Waals surface area contributed by atoms with Crippen LogP contribution in [0.1, 0.15) is 10.6 Å². The molecular weight excluding hydrogens is 222 g/mol. The van der Waals surface area contributed by atoms with Crippen molar-refractivity contribution in [3.05, 3.63) is 35.4 Å². The summed E-state index contributed by atoms with van der Waals surface area (Å²) in [7, 11) is 2.03. The normalized spacial score (nSPS) is 10.9. The lowest BCUT2D eigenvalue weighted by Gasteiger charge is -2.13. The van der Waals surface area contributed by atoms with Crippen molar-refractivity contribution in [3.63, 3.8) is 0 Å². The molecular formula is C10H13N5S. The second-order valence-electron chi connectivity index (χ2n) is 3.53. The highest BCUT2D eigenvalue weighted by Crippen LogP contribution is 2.16. The number of rotatable bonds is 4. The van der Waals surface area contributed by atoms with Crippen molar-refractivity contribution in [1.29, 1.82) is 0 Å². The van der Waals surface area contributed by atoms with E-state index in [0.717, 1.165) is 23.7 Å². The summed E-state index contributed by atoms with van der Waals surface area (Å²) < 4.78 is 0. The summed E-state index contributed by atoms with van der Waals surface area (Å²) in [5.74, 6) is 0. The highest BCUT2D eigenvalue weighted by atomic mass is 32.1. The molecule has 0 unspecified atom stereocenters. The fourth-order valence-electron chi connectivity index (χ4n) is 1.41. The average molecular weight is 235 g/mol. The SMILES string of the molecule is CN(Cc1cnccn1)Cc1cnc(N)s1. The van der Waals surface area contributed by atoms with E-state index in [4.69, 9.17) is 5.73 Å². The Hall–Kier alpha value is -1.53. The van der Waals surface area contributed by atoms with Gasteiger partial charge in [-0.2, -0.15) is 0 Å². The molecule has 0 atom stereocenters. The van der Waals surface area contributed by atoms with Gasteiger partial charge in [0.25, 0.3) is 0 Å². The number of aromatic nitrogens is 3. The van der Waals surface area contributed by atoms with Crippen LogP contribution in [0.25, 0.3) is 0 Å². The molecule has 84 valence electrons. The second kappa shape index (κ2) is 5.00. The highest BCUT2D eigenvalue weighted by molar-refractivity contribution is 7.15. The van der Waals surface area contributed by atoms with E-state index in [0.29, 0.717) is 5.13 Å². The topological polar surface area (TPSA) is 67.9 Å². The Bertz CT molecular complexity index is 441. The van der Waals surface area contributed by atoms with Crippen LogP contribution in [0.15, 0.2) is 24.8 Å². The summed E-state index contributed by atoms with van der Waals surface area (Å²) in [5.41, 5.74) is 6.53. The van der Waals surface area contributed by atoms with Crippen molar-refractivity contribution in [2.24, 2.45) is 0 Å². The van der Waals surface area contributed by atoms with Gasteiger partial charge < -0.3 is 5.73 Å². The molecule has 2 N–H and O–H groups in total. The molecule has 0 aromatic carbocycles. The highest BCUT2D eigenvalue weighted by Gasteiger charge is 2.05. The van der Waals surface area contributed by atoms with Crippen molar-refractivity contribution in [2.45, 2.75) is 13.1 Å². The Labute approximate surface area is 98.0 Å². The molecule has 0 fully saturated rings. The first-order valence-corrected chi connectivity index (χ1v) is 5.69. The third-order valence-corrected chi connectivity index (χ3v) is 2.86. The molecule has 2 heterocycles. The molecule has 0 aliphatic carbocycles. The zero-order valence-corrected chi connectivity index (χ0v) is 9.81. The lowest BCUT2D eigenvalue weighted by atomic mass is 10.4. The second-order valence-corrected chi connectivity index (χ2v) is 4.68. The largest absolute Gasteiger partial charge is 0.375 e. The third-order valence-electron chi connectivity index (χ3n) is 2.05. The van der Waals surface area contributed by atoms with Crippen LogP contribution in [0.4, 0.5) is 5.13 Å². The Balaban J connectivity index is 1.92. The minimum absolute atomic E-state index is 0.614. The minimum Gasteiger partial charge on any atom is -0.375 e. The molecule has 2 aromatic rings. The van der Waals surface area contributed by atoms with E-state index < -0.39 is 0 Å². The molecule has 5 nitrogen and oxygen atoms in total. The van der Waals surface area contributed by atoms with Gasteiger partial charge in [-0.1, -0.05) is 0 Å². The van der Waals surface area contributed by atoms with Gasteiger partial charge in [0.15, 0.2) is 5.13 Å². The number of nitrogens with zero attached hydrogens (tertiary/aromatic N) is 4. The first kappa shape index (κ1) is 11.0. The Morgan fingerprint density at radius 2 is 2.12 bits per heavy atom. The summed E-state index contributed by atoms with van der Waals surface area (Å²) in [6.07, 6.45) is 6.96. The maximum Gasteiger partial charge on any atom is 0.180 e. The van der Waals surface area contributed by atoms with E-state index >= 15 is 0 Å². The molecule has 0 saturated carbocycles. The van der Waals surface area contributed by atoms with E-state index in [1.807, 2.05) is 13.2 Å². The Morgan fingerprint density at radius 3 is 2.75 bits per heavy atom. The number of nitrogen functional groups attached to an aromatic ring is 1. The molecule has 0 saturated heterocycles. The van der Waals surface area contributed by atoms with Crippen LogP contribution in [0.5, 0.6) is 0 Å². The van der Waals surface area contributed by atoms with Crippen LogP contribution in [0.2, 0.25) is 0 Å². The molecule has 6 heteroatoms. The number of anilines is 1. The number of nitrogens with two attached hydrogens (primary N) is 1. The minimum atomic E-state index is 0.614. The number of hydrogen-bond donors (Lipinski definition) is 1. The first-order valence-electron chi connectivity index (χ1n) is 4.87. The van der Waals surface area contributed by atoms with Crippen molar-refractivity contribution >= 4 is 16.5 Å². The summed E-state index contributed by atoms with van der Waals surface area (Å²) in [6.45, 7) is 1.59. The van der Waals surface area contributed by atoms with Gasteiger partial charge >= 0.3 is 0 Å². The predicted molar refractivity (Wildman–Crippen MR) is 63.7 cm³/mol. The first-order chi connectivity index (χ1) is 7.74. The lowest BCUT2D eigenvalue weighted by molar-refractivity contribution is 0.317. The Morgan fingerprint density at radius 1 is 1.25 bits per heavy atom. The molecule has 0 amide bonds. The van der Waals surface area contributed by atoms with Gasteiger partial charge in [0.05, 0.1) is 5.69 Å². The maximum atomic E-state index is 5.57. The van der Waals surface area contributed by atoms with E-state index in [1.165, 1.54) is 11.3 Å². The van der Waals surface area contributed by atoms with Crippen LogP contribution < -0.4 is 5.73 Å². The van der Waals surface area contributed by atoms with Crippen molar-refractivity contribution in [3.8, 4) is 0 Å². The maximum absolute atomic E-state index is 5.57. The smallest absolute Gasteiger partial charge is 0.180 e. The van der Waals surface area contributed by atoms with Gasteiger partial charge in [0.1, 0.15) is 0 Å². The van der Waals surface area contributed by atoms with Gasteiger partial charge in [-0.05, 0) is 7.05 Å². The summed E-state index contributed by atoms with van der Waals surface area (Å²) in [4.78, 5) is 15.6. The van der Waals surface area contributed by atoms with Gasteiger partial charge in [-0.3, -0.25) is 14.9 Å². The summed E-state index contributed by atoms with van der Waals surface area (Å²) in [6, 6.07) is 0. The van der Waals surface area contributed by atoms with Crippen LogP contribution in [0.3, 0.4) is 0 Å². The third kappa shape index (κ3) is 2.98. The van der Waals surface area contributed by atoms with Crippen LogP contribution in [-0.2, 0) is 13.1 Å². The average Bonchev–Trinajstić information content (AvgIpc) is 2.65. The van der Waals surface area contributed by atoms with Gasteiger partial charge in [-0.15, -0.1) is 11.3 Å². The van der Waals surface area contributed by atoms with Gasteiger partial charge in [0.2, 0.25) is 0 Å². The fraction of sp³-hybridized carbons (Fsp3) is 0.300. The quantitative estimate of drug-likeness (QED) is 0.861. The number of hydrogen-bond acceptors (Lipinski definition) is 6. The zero-order chi connectivity index (χ0) is 11.4. The Kier molecular flexibility index (Phi) is 3.43. The molecule has 2 aromatic heterocycles. The molecule has 0 spiro atoms. The number of thiazole rings is 1. The molecule has 0 aliphatic rings. The van der Waals surface area contributed by atoms with Crippen molar-refractivity contribution in [2.75, 3.05) is 12.8 Å². The molecule has 16 heavy (non-hydrogen) atoms. The standard InChI is InChI=1S/C10H13N5S/c1-15(6-8-4-12-2-3-13-8)7-9-5-14-10(11)16-9/h2-5H,6-7H2,1H3,(H2,11,14). The van der Waals surface area contributed by atoms with Crippen LogP contribution >= 0.6 is 11.3 Å². The lowest BCUT2D eigenvalue weighted by Crippen LogP contribution is -2.17. The van der Waals surface area contributed by atoms with Crippen LogP contribution in [-0.4, -0.2) is 26.9 Å². The van der Waals surface area contributed by atoms with E-state index in [1.54, 1.807) is 18.6 Å². The van der Waals surface area contributed by atoms with E-state index in [-0.39, 0.29) is 0 Å². The fourth-order valence-corrected chi connectivity index (χ4v) is 2.17. The molecule has 0 aliphatic heterocycles. The van der Waals surface area contributed by atoms with Crippen molar-refractivity contribution in [1.82, 2.24) is 19.9 Å². The van der Waals surface area contributed by atoms with Gasteiger partial charge in [-0.25, -0.2) is 4.98 Å². The van der Waals surface area contributed by atoms with Gasteiger partial charge in [0, 0.05) is 42.8 Å². The van der Waals surface area contributed by atoms with E-state index in [9.17, 15) is 0 Å². The summed E-state index contributed by atoms with van der Waals surface area (Å²) in [5, 5.41) is 0.614. The monoisotopic (exact) mass is 235 g/mol. The summed E-state index contributed by atoms with van der Waals surface area (Å²) >= 11 is 1.52. The van der Waals surface area contributed by atoms with Crippen LogP contribution in [0, 0.1) is 0 Å².